The number of nitrogens with one attached hydrogen (secondary N) is 2. The van der Waals surface area contributed by atoms with Gasteiger partial charge in [-0.05, 0) is 49.8 Å². The fraction of sp³-hybridized carbons (Fsp3) is 0.543. The summed E-state index contributed by atoms with van der Waals surface area (Å²) < 4.78 is 5.32. The molecule has 0 bridgehead atoms. The van der Waals surface area contributed by atoms with Crippen LogP contribution >= 0.6 is 0 Å². The Bertz CT molecular complexity index is 1250. The van der Waals surface area contributed by atoms with E-state index < -0.39 is 30.2 Å². The molecule has 238 valence electrons. The lowest BCUT2D eigenvalue weighted by atomic mass is 9.83. The number of hydrogen-bond donors (Lipinski definition) is 3. The Kier molecular flexibility index (Phi) is 12.5. The zero-order chi connectivity index (χ0) is 31.5. The van der Waals surface area contributed by atoms with Crippen molar-refractivity contribution in [1.29, 1.82) is 0 Å². The molecule has 0 spiro atoms. The maximum Gasteiger partial charge on any atom is 0.336 e. The average molecular weight is 606 g/mol. The van der Waals surface area contributed by atoms with Crippen molar-refractivity contribution in [3.05, 3.63) is 71.3 Å². The third-order valence-corrected chi connectivity index (χ3v) is 8.69. The van der Waals surface area contributed by atoms with Crippen molar-refractivity contribution in [1.82, 2.24) is 15.5 Å². The number of nitrogens with zero attached hydrogens (tertiary/aromatic N) is 1. The van der Waals surface area contributed by atoms with Gasteiger partial charge in [0, 0.05) is 43.6 Å². The van der Waals surface area contributed by atoms with E-state index in [4.69, 9.17) is 4.74 Å². The van der Waals surface area contributed by atoms with Crippen LogP contribution in [0.5, 0.6) is 0 Å². The van der Waals surface area contributed by atoms with Gasteiger partial charge in [0.2, 0.25) is 5.91 Å². The summed E-state index contributed by atoms with van der Waals surface area (Å²) in [7, 11) is 0. The largest absolute Gasteiger partial charge is 0.461 e. The standard InChI is InChI=1S/C35H47N3O6/c1-24(2)44-35(43)32(40)30(20-25-12-5-3-6-13-25)36-22-28(17-11-19-39)37-33(41)31(21-26-14-7-4-8-15-26)38-23-27-16-9-10-18-29(27)34(38)42/h4,7-10,14-16,18-19,24-25,28,30-32,36,40H,3,5-6,11-13,17,20-23H2,1-2H3,(H,37,41). The minimum absolute atomic E-state index is 0.182. The van der Waals surface area contributed by atoms with Gasteiger partial charge in [-0.25, -0.2) is 4.79 Å². The molecule has 1 aliphatic carbocycles. The first kappa shape index (κ1) is 33.3. The van der Waals surface area contributed by atoms with Crippen LogP contribution in [0.4, 0.5) is 0 Å². The van der Waals surface area contributed by atoms with Crippen LogP contribution in [0.1, 0.15) is 86.7 Å². The molecule has 0 aromatic heterocycles. The summed E-state index contributed by atoms with van der Waals surface area (Å²) in [5.74, 6) is -0.782. The van der Waals surface area contributed by atoms with E-state index in [2.05, 4.69) is 10.6 Å². The molecule has 0 saturated heterocycles. The lowest BCUT2D eigenvalue weighted by Crippen LogP contribution is -2.55. The SMILES string of the molecule is CC(C)OC(=O)C(O)C(CC1CCCCC1)NCC(CCC=O)NC(=O)C(Cc1ccccc1)N1Cc2ccccc2C1=O. The number of benzene rings is 2. The molecule has 2 amide bonds. The Morgan fingerprint density at radius 2 is 1.75 bits per heavy atom. The van der Waals surface area contributed by atoms with Crippen LogP contribution in [0.2, 0.25) is 0 Å². The van der Waals surface area contributed by atoms with Crippen LogP contribution in [0, 0.1) is 5.92 Å². The fourth-order valence-electron chi connectivity index (χ4n) is 6.37. The Labute approximate surface area is 260 Å². The third kappa shape index (κ3) is 9.22. The molecule has 4 atom stereocenters. The van der Waals surface area contributed by atoms with Crippen molar-refractivity contribution >= 4 is 24.1 Å². The second kappa shape index (κ2) is 16.5. The van der Waals surface area contributed by atoms with Crippen molar-refractivity contribution < 1.29 is 29.0 Å². The number of hydrogen-bond acceptors (Lipinski definition) is 7. The lowest BCUT2D eigenvalue weighted by Gasteiger charge is -2.32. The summed E-state index contributed by atoms with van der Waals surface area (Å²) in [6.45, 7) is 4.07. The highest BCUT2D eigenvalue weighted by Gasteiger charge is 2.37. The van der Waals surface area contributed by atoms with Crippen LogP contribution < -0.4 is 10.6 Å². The van der Waals surface area contributed by atoms with Gasteiger partial charge in [0.15, 0.2) is 6.10 Å². The molecule has 1 aliphatic heterocycles. The molecular formula is C35H47N3O6. The second-order valence-electron chi connectivity index (χ2n) is 12.4. The summed E-state index contributed by atoms with van der Waals surface area (Å²) >= 11 is 0. The molecular weight excluding hydrogens is 558 g/mol. The first-order chi connectivity index (χ1) is 21.3. The molecule has 44 heavy (non-hydrogen) atoms. The first-order valence-corrected chi connectivity index (χ1v) is 16.1. The number of carbonyl (C=O) groups is 4. The molecule has 0 radical (unpaired) electrons. The predicted molar refractivity (Wildman–Crippen MR) is 168 cm³/mol. The van der Waals surface area contributed by atoms with Gasteiger partial charge in [-0.3, -0.25) is 9.59 Å². The van der Waals surface area contributed by atoms with Crippen molar-refractivity contribution in [2.75, 3.05) is 6.54 Å². The van der Waals surface area contributed by atoms with Crippen molar-refractivity contribution in [2.45, 2.75) is 109 Å². The number of ether oxygens (including phenoxy) is 1. The highest BCUT2D eigenvalue weighted by atomic mass is 16.6. The van der Waals surface area contributed by atoms with E-state index in [1.165, 1.54) is 6.42 Å². The number of esters is 1. The van der Waals surface area contributed by atoms with Gasteiger partial charge in [0.1, 0.15) is 12.3 Å². The molecule has 3 N–H and O–H groups in total. The number of fused-ring (bicyclic) bond motifs is 1. The molecule has 2 aromatic carbocycles. The zero-order valence-electron chi connectivity index (χ0n) is 26.0. The maximum absolute atomic E-state index is 14.0. The van der Waals surface area contributed by atoms with E-state index in [0.717, 1.165) is 43.1 Å². The number of aliphatic hydroxyl groups excluding tert-OH is 1. The normalized spacial score (nSPS) is 17.9. The van der Waals surface area contributed by atoms with Crippen LogP contribution in [-0.2, 0) is 32.1 Å². The molecule has 1 saturated carbocycles. The molecule has 4 rings (SSSR count). The molecule has 9 nitrogen and oxygen atoms in total. The molecule has 1 heterocycles. The van der Waals surface area contributed by atoms with Gasteiger partial charge in [0.05, 0.1) is 6.10 Å². The van der Waals surface area contributed by atoms with Gasteiger partial charge in [0.25, 0.3) is 5.91 Å². The minimum atomic E-state index is -1.35. The van der Waals surface area contributed by atoms with Gasteiger partial charge >= 0.3 is 5.97 Å². The van der Waals surface area contributed by atoms with Crippen molar-refractivity contribution in [3.63, 3.8) is 0 Å². The van der Waals surface area contributed by atoms with E-state index in [1.807, 2.05) is 48.5 Å². The smallest absolute Gasteiger partial charge is 0.336 e. The van der Waals surface area contributed by atoms with Gasteiger partial charge in [-0.15, -0.1) is 0 Å². The van der Waals surface area contributed by atoms with Crippen molar-refractivity contribution in [2.24, 2.45) is 5.92 Å². The fourth-order valence-corrected chi connectivity index (χ4v) is 6.37. The number of aldehydes is 1. The van der Waals surface area contributed by atoms with E-state index in [1.54, 1.807) is 24.8 Å². The minimum Gasteiger partial charge on any atom is -0.461 e. The van der Waals surface area contributed by atoms with Crippen LogP contribution in [0.25, 0.3) is 0 Å². The Morgan fingerprint density at radius 3 is 2.43 bits per heavy atom. The second-order valence-corrected chi connectivity index (χ2v) is 12.4. The van der Waals surface area contributed by atoms with Crippen LogP contribution in [0.15, 0.2) is 54.6 Å². The van der Waals surface area contributed by atoms with Gasteiger partial charge < -0.3 is 30.2 Å². The molecule has 4 unspecified atom stereocenters. The van der Waals surface area contributed by atoms with E-state index in [9.17, 15) is 24.3 Å². The Morgan fingerprint density at radius 1 is 1.05 bits per heavy atom. The number of amides is 2. The topological polar surface area (TPSA) is 125 Å². The maximum atomic E-state index is 14.0. The Balaban J connectivity index is 1.50. The van der Waals surface area contributed by atoms with Crippen molar-refractivity contribution in [3.8, 4) is 0 Å². The van der Waals surface area contributed by atoms with Crippen LogP contribution in [-0.4, -0.2) is 71.0 Å². The van der Waals surface area contributed by atoms with Gasteiger partial charge in [-0.1, -0.05) is 80.6 Å². The zero-order valence-corrected chi connectivity index (χ0v) is 26.0. The van der Waals surface area contributed by atoms with E-state index in [0.29, 0.717) is 37.3 Å². The van der Waals surface area contributed by atoms with Crippen LogP contribution in [0.3, 0.4) is 0 Å². The third-order valence-electron chi connectivity index (χ3n) is 8.69. The molecule has 2 aromatic rings. The summed E-state index contributed by atoms with van der Waals surface area (Å²) in [6.07, 6.45) is 6.20. The summed E-state index contributed by atoms with van der Waals surface area (Å²) in [4.78, 5) is 53.1. The predicted octanol–water partition coefficient (Wildman–Crippen LogP) is 3.96. The molecule has 9 heteroatoms. The number of aliphatic hydroxyl groups is 1. The molecule has 2 aliphatic rings. The highest BCUT2D eigenvalue weighted by molar-refractivity contribution is 6.01. The van der Waals surface area contributed by atoms with E-state index >= 15 is 0 Å². The van der Waals surface area contributed by atoms with Gasteiger partial charge in [-0.2, -0.15) is 0 Å². The average Bonchev–Trinajstić information content (AvgIpc) is 3.36. The monoisotopic (exact) mass is 605 g/mol. The number of carbonyl (C=O) groups excluding carboxylic acids is 4. The summed E-state index contributed by atoms with van der Waals surface area (Å²) in [6, 6.07) is 15.2. The summed E-state index contributed by atoms with van der Waals surface area (Å²) in [5.41, 5.74) is 2.42. The Hall–Kier alpha value is -3.56. The van der Waals surface area contributed by atoms with E-state index in [-0.39, 0.29) is 30.9 Å². The lowest BCUT2D eigenvalue weighted by molar-refractivity contribution is -0.159. The quantitative estimate of drug-likeness (QED) is 0.195. The summed E-state index contributed by atoms with van der Waals surface area (Å²) in [5, 5.41) is 17.5. The first-order valence-electron chi connectivity index (χ1n) is 16.1. The highest BCUT2D eigenvalue weighted by Crippen LogP contribution is 2.29. The molecule has 1 fully saturated rings. The number of rotatable bonds is 16.